The number of carbonyl (C=O) groups excluding carboxylic acids is 3. The zero-order valence-corrected chi connectivity index (χ0v) is 13.7. The van der Waals surface area contributed by atoms with E-state index in [1.807, 2.05) is 0 Å². The summed E-state index contributed by atoms with van der Waals surface area (Å²) < 4.78 is 0. The summed E-state index contributed by atoms with van der Waals surface area (Å²) in [6.07, 6.45) is -0.0808. The number of carboxylic acids is 1. The highest BCUT2D eigenvalue weighted by molar-refractivity contribution is 5.92. The van der Waals surface area contributed by atoms with E-state index in [1.165, 1.54) is 18.7 Å². The summed E-state index contributed by atoms with van der Waals surface area (Å²) >= 11 is 0. The molecule has 0 spiro atoms. The van der Waals surface area contributed by atoms with Gasteiger partial charge in [-0.1, -0.05) is 0 Å². The van der Waals surface area contributed by atoms with Gasteiger partial charge >= 0.3 is 5.97 Å². The number of nitrogens with zero attached hydrogens (tertiary/aromatic N) is 1. The fourth-order valence-corrected chi connectivity index (χ4v) is 2.39. The minimum atomic E-state index is -1.15. The lowest BCUT2D eigenvalue weighted by molar-refractivity contribution is -0.149. The molecule has 4 unspecified atom stereocenters. The second-order valence-electron chi connectivity index (χ2n) is 5.80. The molecule has 4 atom stereocenters. The molecule has 0 aromatic rings. The molecule has 1 rings (SSSR count). The van der Waals surface area contributed by atoms with Crippen LogP contribution in [0, 0.1) is 0 Å². The molecule has 1 heterocycles. The highest BCUT2D eigenvalue weighted by Gasteiger charge is 2.36. The Labute approximate surface area is 139 Å². The molecule has 3 amide bonds. The monoisotopic (exact) mass is 344 g/mol. The van der Waals surface area contributed by atoms with Crippen LogP contribution in [-0.2, 0) is 19.2 Å². The smallest absolute Gasteiger partial charge is 0.326 e. The van der Waals surface area contributed by atoms with Crippen molar-refractivity contribution >= 4 is 23.7 Å². The third-order valence-corrected chi connectivity index (χ3v) is 3.81. The molecule has 10 nitrogen and oxygen atoms in total. The van der Waals surface area contributed by atoms with Crippen molar-refractivity contribution in [3.63, 3.8) is 0 Å². The van der Waals surface area contributed by atoms with Crippen molar-refractivity contribution in [2.24, 2.45) is 5.73 Å². The summed E-state index contributed by atoms with van der Waals surface area (Å²) in [5, 5.41) is 22.9. The van der Waals surface area contributed by atoms with Gasteiger partial charge in [0.25, 0.3) is 0 Å². The van der Waals surface area contributed by atoms with Crippen LogP contribution in [0.3, 0.4) is 0 Å². The van der Waals surface area contributed by atoms with E-state index in [-0.39, 0.29) is 0 Å². The van der Waals surface area contributed by atoms with Gasteiger partial charge in [0.15, 0.2) is 0 Å². The van der Waals surface area contributed by atoms with Crippen LogP contribution in [0.5, 0.6) is 0 Å². The van der Waals surface area contributed by atoms with Gasteiger partial charge < -0.3 is 31.5 Å². The van der Waals surface area contributed by atoms with Crippen LogP contribution in [0.15, 0.2) is 0 Å². The number of nitrogens with two attached hydrogens (primary N) is 1. The standard InChI is InChI=1S/C14H24N4O6/c1-7(13(22)18-5-3-4-9(18)14(23)24)17-10(20)6-16-12(21)11(15)8(2)19/h7-9,11,19H,3-6,15H2,1-2H3,(H,16,21)(H,17,20)(H,23,24). The molecular formula is C14H24N4O6. The molecule has 0 bridgehead atoms. The summed E-state index contributed by atoms with van der Waals surface area (Å²) in [5.41, 5.74) is 5.41. The number of amides is 3. The van der Waals surface area contributed by atoms with E-state index in [2.05, 4.69) is 10.6 Å². The van der Waals surface area contributed by atoms with E-state index < -0.39 is 54.5 Å². The van der Waals surface area contributed by atoms with E-state index in [0.717, 1.165) is 0 Å². The lowest BCUT2D eigenvalue weighted by Crippen LogP contribution is -2.53. The van der Waals surface area contributed by atoms with Gasteiger partial charge in [0.1, 0.15) is 18.1 Å². The van der Waals surface area contributed by atoms with E-state index in [9.17, 15) is 24.3 Å². The maximum Gasteiger partial charge on any atom is 0.326 e. The quantitative estimate of drug-likeness (QED) is 0.338. The molecule has 6 N–H and O–H groups in total. The normalized spacial score (nSPS) is 20.8. The SMILES string of the molecule is CC(NC(=O)CNC(=O)C(N)C(C)O)C(=O)N1CCCC1C(=O)O. The van der Waals surface area contributed by atoms with Crippen molar-refractivity contribution in [3.8, 4) is 0 Å². The van der Waals surface area contributed by atoms with Gasteiger partial charge in [0.2, 0.25) is 17.7 Å². The van der Waals surface area contributed by atoms with Crippen molar-refractivity contribution in [1.82, 2.24) is 15.5 Å². The van der Waals surface area contributed by atoms with Gasteiger partial charge in [-0.2, -0.15) is 0 Å². The topological polar surface area (TPSA) is 162 Å². The van der Waals surface area contributed by atoms with Crippen LogP contribution in [0.2, 0.25) is 0 Å². The van der Waals surface area contributed by atoms with Crippen LogP contribution >= 0.6 is 0 Å². The van der Waals surface area contributed by atoms with Gasteiger partial charge in [-0.05, 0) is 26.7 Å². The van der Waals surface area contributed by atoms with Gasteiger partial charge in [-0.3, -0.25) is 14.4 Å². The first-order chi connectivity index (χ1) is 11.1. The Balaban J connectivity index is 2.47. The first kappa shape index (κ1) is 19.8. The minimum Gasteiger partial charge on any atom is -0.480 e. The van der Waals surface area contributed by atoms with Crippen molar-refractivity contribution < 1.29 is 29.4 Å². The van der Waals surface area contributed by atoms with Gasteiger partial charge in [-0.15, -0.1) is 0 Å². The Kier molecular flexibility index (Phi) is 7.11. The molecule has 136 valence electrons. The predicted octanol–water partition coefficient (Wildman–Crippen LogP) is -2.61. The van der Waals surface area contributed by atoms with Crippen LogP contribution < -0.4 is 16.4 Å². The summed E-state index contributed by atoms with van der Waals surface area (Å²) in [7, 11) is 0. The number of aliphatic hydroxyl groups is 1. The molecule has 10 heteroatoms. The molecule has 0 aromatic carbocycles. The Morgan fingerprint density at radius 2 is 1.92 bits per heavy atom. The summed E-state index contributed by atoms with van der Waals surface area (Å²) in [6, 6.07) is -2.95. The van der Waals surface area contributed by atoms with Crippen molar-refractivity contribution in [2.75, 3.05) is 13.1 Å². The molecule has 1 aliphatic heterocycles. The number of rotatable bonds is 7. The zero-order chi connectivity index (χ0) is 18.4. The predicted molar refractivity (Wildman–Crippen MR) is 82.6 cm³/mol. The second-order valence-corrected chi connectivity index (χ2v) is 5.80. The maximum atomic E-state index is 12.2. The number of aliphatic hydroxyl groups excluding tert-OH is 1. The number of carboxylic acid groups (broad SMARTS) is 1. The largest absolute Gasteiger partial charge is 0.480 e. The van der Waals surface area contributed by atoms with E-state index in [1.54, 1.807) is 0 Å². The Hall–Kier alpha value is -2.20. The average molecular weight is 344 g/mol. The molecule has 24 heavy (non-hydrogen) atoms. The first-order valence-electron chi connectivity index (χ1n) is 7.69. The van der Waals surface area contributed by atoms with Crippen LogP contribution in [0.25, 0.3) is 0 Å². The van der Waals surface area contributed by atoms with E-state index >= 15 is 0 Å². The van der Waals surface area contributed by atoms with Gasteiger partial charge in [0.05, 0.1) is 12.6 Å². The van der Waals surface area contributed by atoms with E-state index in [4.69, 9.17) is 10.8 Å². The number of nitrogens with one attached hydrogen (secondary N) is 2. The van der Waals surface area contributed by atoms with Gasteiger partial charge in [-0.25, -0.2) is 4.79 Å². The number of aliphatic carboxylic acids is 1. The summed E-state index contributed by atoms with van der Waals surface area (Å²) in [6.45, 7) is 2.72. The van der Waals surface area contributed by atoms with Crippen molar-refractivity contribution in [2.45, 2.75) is 50.9 Å². The molecule has 0 saturated carbocycles. The fourth-order valence-electron chi connectivity index (χ4n) is 2.39. The third-order valence-electron chi connectivity index (χ3n) is 3.81. The molecule has 1 saturated heterocycles. The lowest BCUT2D eigenvalue weighted by Gasteiger charge is -2.25. The fraction of sp³-hybridized carbons (Fsp3) is 0.714. The number of hydrogen-bond acceptors (Lipinski definition) is 6. The Morgan fingerprint density at radius 3 is 2.46 bits per heavy atom. The Morgan fingerprint density at radius 1 is 1.29 bits per heavy atom. The van der Waals surface area contributed by atoms with Crippen molar-refractivity contribution in [3.05, 3.63) is 0 Å². The first-order valence-corrected chi connectivity index (χ1v) is 7.69. The Bertz CT molecular complexity index is 509. The number of carbonyl (C=O) groups is 4. The highest BCUT2D eigenvalue weighted by atomic mass is 16.4. The molecule has 0 aromatic heterocycles. The summed E-state index contributed by atoms with van der Waals surface area (Å²) in [5.74, 6) is -2.86. The molecule has 1 aliphatic rings. The number of likely N-dealkylation sites (tertiary alicyclic amines) is 1. The van der Waals surface area contributed by atoms with Crippen LogP contribution in [0.4, 0.5) is 0 Å². The lowest BCUT2D eigenvalue weighted by atomic mass is 10.2. The summed E-state index contributed by atoms with van der Waals surface area (Å²) in [4.78, 5) is 47.9. The van der Waals surface area contributed by atoms with Crippen molar-refractivity contribution in [1.29, 1.82) is 0 Å². The maximum absolute atomic E-state index is 12.2. The molecule has 0 aliphatic carbocycles. The number of hydrogen-bond donors (Lipinski definition) is 5. The molecular weight excluding hydrogens is 320 g/mol. The van der Waals surface area contributed by atoms with Crippen LogP contribution in [-0.4, -0.2) is 76.1 Å². The second kappa shape index (κ2) is 8.60. The highest BCUT2D eigenvalue weighted by Crippen LogP contribution is 2.18. The van der Waals surface area contributed by atoms with Crippen LogP contribution in [0.1, 0.15) is 26.7 Å². The zero-order valence-electron chi connectivity index (χ0n) is 13.7. The average Bonchev–Trinajstić information content (AvgIpc) is 3.00. The minimum absolute atomic E-state index is 0.329. The van der Waals surface area contributed by atoms with E-state index in [0.29, 0.717) is 19.4 Å². The van der Waals surface area contributed by atoms with Gasteiger partial charge in [0, 0.05) is 6.54 Å². The molecule has 1 fully saturated rings. The molecule has 0 radical (unpaired) electrons. The third kappa shape index (κ3) is 5.17.